The average Bonchev–Trinajstić information content (AvgIpc) is 3.12. The second-order valence-corrected chi connectivity index (χ2v) is 7.49. The van der Waals surface area contributed by atoms with E-state index in [4.69, 9.17) is 0 Å². The lowest BCUT2D eigenvalue weighted by Crippen LogP contribution is -2.47. The van der Waals surface area contributed by atoms with E-state index in [2.05, 4.69) is 72.2 Å². The van der Waals surface area contributed by atoms with Crippen molar-refractivity contribution in [3.05, 3.63) is 52.3 Å². The average molecular weight is 437 g/mol. The SMILES string of the molecule is CC(c1ccc(Br)cc1)N1CCN(c2ccc3nnc(C(F)F)n3n2)CC1. The van der Waals surface area contributed by atoms with E-state index in [1.165, 1.54) is 5.56 Å². The number of rotatable bonds is 4. The summed E-state index contributed by atoms with van der Waals surface area (Å²) in [5.74, 6) is 0.245. The van der Waals surface area contributed by atoms with Gasteiger partial charge in [0.25, 0.3) is 6.43 Å². The maximum absolute atomic E-state index is 13.0. The predicted molar refractivity (Wildman–Crippen MR) is 102 cm³/mol. The van der Waals surface area contributed by atoms with Gasteiger partial charge in [-0.25, -0.2) is 8.78 Å². The number of nitrogens with zero attached hydrogens (tertiary/aromatic N) is 6. The molecule has 142 valence electrons. The molecule has 1 atom stereocenters. The Hall–Kier alpha value is -2.13. The summed E-state index contributed by atoms with van der Waals surface area (Å²) in [5.41, 5.74) is 1.61. The van der Waals surface area contributed by atoms with Crippen LogP contribution in [0.15, 0.2) is 40.9 Å². The van der Waals surface area contributed by atoms with Crippen LogP contribution in [0.4, 0.5) is 14.6 Å². The van der Waals surface area contributed by atoms with Crippen molar-refractivity contribution in [1.29, 1.82) is 0 Å². The minimum atomic E-state index is -2.70. The molecule has 0 radical (unpaired) electrons. The molecule has 1 aliphatic heterocycles. The van der Waals surface area contributed by atoms with E-state index in [9.17, 15) is 8.78 Å². The quantitative estimate of drug-likeness (QED) is 0.623. The molecule has 0 bridgehead atoms. The molecule has 1 aromatic carbocycles. The normalized spacial score (nSPS) is 17.0. The van der Waals surface area contributed by atoms with Crippen LogP contribution in [0, 0.1) is 0 Å². The maximum atomic E-state index is 13.0. The van der Waals surface area contributed by atoms with Crippen LogP contribution in [0.5, 0.6) is 0 Å². The minimum Gasteiger partial charge on any atom is -0.353 e. The Labute approximate surface area is 163 Å². The molecule has 3 aromatic rings. The first-order valence-electron chi connectivity index (χ1n) is 8.78. The Morgan fingerprint density at radius 3 is 2.33 bits per heavy atom. The molecule has 0 N–H and O–H groups in total. The zero-order valence-corrected chi connectivity index (χ0v) is 16.4. The third-order valence-electron chi connectivity index (χ3n) is 5.01. The standard InChI is InChI=1S/C18H19BrF2N6/c1-12(13-2-4-14(19)5-3-13)25-8-10-26(11-9-25)16-7-6-15-22-23-18(17(20)21)27(15)24-16/h2-7,12,17H,8-11H2,1H3. The molecule has 1 fully saturated rings. The lowest BCUT2D eigenvalue weighted by molar-refractivity contribution is 0.137. The number of anilines is 1. The Balaban J connectivity index is 1.46. The van der Waals surface area contributed by atoms with Crippen molar-refractivity contribution in [3.63, 3.8) is 0 Å². The summed E-state index contributed by atoms with van der Waals surface area (Å²) >= 11 is 3.47. The van der Waals surface area contributed by atoms with Crippen LogP contribution in [-0.2, 0) is 0 Å². The van der Waals surface area contributed by atoms with Crippen LogP contribution in [0.3, 0.4) is 0 Å². The molecule has 0 spiro atoms. The summed E-state index contributed by atoms with van der Waals surface area (Å²) in [6.45, 7) is 5.52. The first kappa shape index (κ1) is 18.2. The Morgan fingerprint density at radius 1 is 0.963 bits per heavy atom. The lowest BCUT2D eigenvalue weighted by Gasteiger charge is -2.38. The third kappa shape index (κ3) is 3.66. The summed E-state index contributed by atoms with van der Waals surface area (Å²) in [6, 6.07) is 12.2. The van der Waals surface area contributed by atoms with Crippen LogP contribution in [0.1, 0.15) is 30.8 Å². The number of halogens is 3. The van der Waals surface area contributed by atoms with Crippen molar-refractivity contribution in [2.75, 3.05) is 31.1 Å². The van der Waals surface area contributed by atoms with Crippen molar-refractivity contribution >= 4 is 27.4 Å². The van der Waals surface area contributed by atoms with E-state index in [0.717, 1.165) is 35.2 Å². The van der Waals surface area contributed by atoms with Gasteiger partial charge in [-0.05, 0) is 36.8 Å². The van der Waals surface area contributed by atoms with Crippen molar-refractivity contribution in [2.24, 2.45) is 0 Å². The van der Waals surface area contributed by atoms with E-state index in [-0.39, 0.29) is 0 Å². The van der Waals surface area contributed by atoms with E-state index in [1.807, 2.05) is 6.07 Å². The molecule has 0 amide bonds. The molecule has 0 saturated carbocycles. The van der Waals surface area contributed by atoms with Gasteiger partial charge in [-0.2, -0.15) is 4.52 Å². The van der Waals surface area contributed by atoms with Gasteiger partial charge in [0, 0.05) is 36.7 Å². The van der Waals surface area contributed by atoms with E-state index >= 15 is 0 Å². The molecule has 1 unspecified atom stereocenters. The monoisotopic (exact) mass is 436 g/mol. The van der Waals surface area contributed by atoms with Crippen molar-refractivity contribution in [3.8, 4) is 0 Å². The molecule has 1 saturated heterocycles. The molecule has 2 aromatic heterocycles. The van der Waals surface area contributed by atoms with Gasteiger partial charge in [0.1, 0.15) is 5.82 Å². The van der Waals surface area contributed by atoms with Gasteiger partial charge in [-0.3, -0.25) is 4.90 Å². The highest BCUT2D eigenvalue weighted by Crippen LogP contribution is 2.25. The zero-order chi connectivity index (χ0) is 19.0. The van der Waals surface area contributed by atoms with Crippen molar-refractivity contribution < 1.29 is 8.78 Å². The van der Waals surface area contributed by atoms with Gasteiger partial charge in [0.05, 0.1) is 0 Å². The number of hydrogen-bond acceptors (Lipinski definition) is 5. The highest BCUT2D eigenvalue weighted by Gasteiger charge is 2.24. The predicted octanol–water partition coefficient (Wildman–Crippen LogP) is 3.71. The van der Waals surface area contributed by atoms with Gasteiger partial charge < -0.3 is 4.90 Å². The summed E-state index contributed by atoms with van der Waals surface area (Å²) in [4.78, 5) is 4.53. The molecular formula is C18H19BrF2N6. The smallest absolute Gasteiger partial charge is 0.299 e. The van der Waals surface area contributed by atoms with E-state index in [1.54, 1.807) is 6.07 Å². The fourth-order valence-corrected chi connectivity index (χ4v) is 3.66. The van der Waals surface area contributed by atoms with E-state index in [0.29, 0.717) is 17.5 Å². The number of piperazine rings is 1. The van der Waals surface area contributed by atoms with Gasteiger partial charge in [0.2, 0.25) is 5.82 Å². The van der Waals surface area contributed by atoms with Crippen LogP contribution in [0.2, 0.25) is 0 Å². The first-order valence-corrected chi connectivity index (χ1v) is 9.57. The first-order chi connectivity index (χ1) is 13.0. The number of benzene rings is 1. The number of fused-ring (bicyclic) bond motifs is 1. The fourth-order valence-electron chi connectivity index (χ4n) is 3.39. The Bertz CT molecular complexity index is 921. The minimum absolute atomic E-state index is 0.318. The second-order valence-electron chi connectivity index (χ2n) is 6.57. The van der Waals surface area contributed by atoms with Gasteiger partial charge in [-0.15, -0.1) is 15.3 Å². The van der Waals surface area contributed by atoms with Crippen LogP contribution < -0.4 is 4.90 Å². The van der Waals surface area contributed by atoms with Gasteiger partial charge in [0.15, 0.2) is 5.65 Å². The third-order valence-corrected chi connectivity index (χ3v) is 5.54. The fraction of sp³-hybridized carbons (Fsp3) is 0.389. The van der Waals surface area contributed by atoms with Crippen LogP contribution >= 0.6 is 15.9 Å². The van der Waals surface area contributed by atoms with Crippen LogP contribution in [0.25, 0.3) is 5.65 Å². The molecular weight excluding hydrogens is 418 g/mol. The van der Waals surface area contributed by atoms with Gasteiger partial charge in [-0.1, -0.05) is 28.1 Å². The molecule has 1 aliphatic rings. The summed E-state index contributed by atoms with van der Waals surface area (Å²) < 4.78 is 28.3. The maximum Gasteiger partial charge on any atom is 0.299 e. The van der Waals surface area contributed by atoms with Gasteiger partial charge >= 0.3 is 0 Å². The van der Waals surface area contributed by atoms with Crippen LogP contribution in [-0.4, -0.2) is 50.9 Å². The molecule has 0 aliphatic carbocycles. The Kier molecular flexibility index (Phi) is 5.05. The van der Waals surface area contributed by atoms with E-state index < -0.39 is 12.2 Å². The summed E-state index contributed by atoms with van der Waals surface area (Å²) in [5, 5.41) is 11.6. The highest BCUT2D eigenvalue weighted by molar-refractivity contribution is 9.10. The summed E-state index contributed by atoms with van der Waals surface area (Å²) in [6.07, 6.45) is -2.70. The Morgan fingerprint density at radius 2 is 1.67 bits per heavy atom. The highest BCUT2D eigenvalue weighted by atomic mass is 79.9. The van der Waals surface area contributed by atoms with Crippen molar-refractivity contribution in [2.45, 2.75) is 19.4 Å². The molecule has 6 nitrogen and oxygen atoms in total. The molecule has 4 rings (SSSR count). The number of hydrogen-bond donors (Lipinski definition) is 0. The zero-order valence-electron chi connectivity index (χ0n) is 14.8. The molecule has 3 heterocycles. The number of aromatic nitrogens is 4. The second kappa shape index (κ2) is 7.47. The molecule has 9 heteroatoms. The number of alkyl halides is 2. The summed E-state index contributed by atoms with van der Waals surface area (Å²) in [7, 11) is 0. The van der Waals surface area contributed by atoms with Crippen molar-refractivity contribution in [1.82, 2.24) is 24.7 Å². The lowest BCUT2D eigenvalue weighted by atomic mass is 10.1. The topological polar surface area (TPSA) is 49.6 Å². The molecule has 27 heavy (non-hydrogen) atoms. The largest absolute Gasteiger partial charge is 0.353 e.